The Morgan fingerprint density at radius 2 is 1.96 bits per heavy atom. The van der Waals surface area contributed by atoms with Crippen molar-refractivity contribution >= 4 is 34.2 Å². The number of carbonyl (C=O) groups excluding carboxylic acids is 3. The number of nitrogens with zero attached hydrogens (tertiary/aromatic N) is 2. The molecule has 0 saturated heterocycles. The molecule has 3 aromatic rings. The smallest absolute Gasteiger partial charge is 0.348 e. The quantitative estimate of drug-likeness (QED) is 0.630. The van der Waals surface area contributed by atoms with E-state index in [0.717, 1.165) is 11.3 Å². The third-order valence-corrected chi connectivity index (χ3v) is 5.08. The van der Waals surface area contributed by atoms with Gasteiger partial charge in [-0.3, -0.25) is 9.48 Å². The van der Waals surface area contributed by atoms with Crippen LogP contribution in [0.5, 0.6) is 0 Å². The van der Waals surface area contributed by atoms with Crippen LogP contribution in [0.25, 0.3) is 0 Å². The Labute approximate surface area is 163 Å². The molecule has 3 rings (SSSR count). The number of methoxy groups -OCH3 is 2. The number of furan rings is 1. The zero-order valence-corrected chi connectivity index (χ0v) is 16.2. The molecule has 0 unspecified atom stereocenters. The van der Waals surface area contributed by atoms with Crippen molar-refractivity contribution in [2.45, 2.75) is 13.5 Å². The van der Waals surface area contributed by atoms with Crippen molar-refractivity contribution in [2.24, 2.45) is 0 Å². The minimum atomic E-state index is -0.669. The fourth-order valence-electron chi connectivity index (χ4n) is 2.54. The second-order valence-corrected chi connectivity index (χ2v) is 6.69. The first-order valence-electron chi connectivity index (χ1n) is 8.12. The molecule has 0 aromatic carbocycles. The molecule has 3 heterocycles. The summed E-state index contributed by atoms with van der Waals surface area (Å²) in [7, 11) is 2.46. The Morgan fingerprint density at radius 1 is 1.21 bits per heavy atom. The van der Waals surface area contributed by atoms with Gasteiger partial charge in [-0.25, -0.2) is 9.59 Å². The minimum Gasteiger partial charge on any atom is -0.465 e. The SMILES string of the molecule is COC(=O)c1sc(NC(=O)c2ccc(Cn3cccn3)o2)c(C(=O)OC)c1C. The largest absolute Gasteiger partial charge is 0.465 e. The molecule has 0 radical (unpaired) electrons. The molecule has 0 saturated carbocycles. The van der Waals surface area contributed by atoms with Crippen LogP contribution in [0.2, 0.25) is 0 Å². The molecule has 0 aliphatic carbocycles. The first-order valence-corrected chi connectivity index (χ1v) is 8.93. The minimum absolute atomic E-state index is 0.0589. The highest BCUT2D eigenvalue weighted by atomic mass is 32.1. The van der Waals surface area contributed by atoms with Crippen LogP contribution < -0.4 is 5.32 Å². The van der Waals surface area contributed by atoms with Crippen molar-refractivity contribution < 1.29 is 28.3 Å². The summed E-state index contributed by atoms with van der Waals surface area (Å²) < 4.78 is 16.7. The van der Waals surface area contributed by atoms with E-state index < -0.39 is 17.8 Å². The molecule has 28 heavy (non-hydrogen) atoms. The summed E-state index contributed by atoms with van der Waals surface area (Å²) in [6.07, 6.45) is 3.41. The number of aromatic nitrogens is 2. The summed E-state index contributed by atoms with van der Waals surface area (Å²) in [6.45, 7) is 1.96. The molecule has 1 N–H and O–H groups in total. The monoisotopic (exact) mass is 403 g/mol. The molecule has 1 amide bonds. The van der Waals surface area contributed by atoms with Gasteiger partial charge in [0.1, 0.15) is 15.6 Å². The van der Waals surface area contributed by atoms with Gasteiger partial charge in [0.15, 0.2) is 5.76 Å². The lowest BCUT2D eigenvalue weighted by molar-refractivity contribution is 0.0601. The van der Waals surface area contributed by atoms with E-state index in [1.807, 2.05) is 0 Å². The zero-order valence-electron chi connectivity index (χ0n) is 15.3. The van der Waals surface area contributed by atoms with Gasteiger partial charge in [-0.1, -0.05) is 0 Å². The van der Waals surface area contributed by atoms with E-state index in [1.54, 1.807) is 36.1 Å². The fourth-order valence-corrected chi connectivity index (χ4v) is 3.65. The van der Waals surface area contributed by atoms with E-state index in [-0.39, 0.29) is 21.2 Å². The van der Waals surface area contributed by atoms with Crippen LogP contribution in [-0.4, -0.2) is 41.8 Å². The number of thiophene rings is 1. The maximum absolute atomic E-state index is 12.6. The predicted molar refractivity (Wildman–Crippen MR) is 99.7 cm³/mol. The number of rotatable bonds is 6. The Balaban J connectivity index is 1.84. The van der Waals surface area contributed by atoms with Crippen molar-refractivity contribution in [1.82, 2.24) is 9.78 Å². The first kappa shape index (κ1) is 19.4. The average Bonchev–Trinajstić information content (AvgIpc) is 3.42. The lowest BCUT2D eigenvalue weighted by Gasteiger charge is -2.04. The summed E-state index contributed by atoms with van der Waals surface area (Å²) in [4.78, 5) is 36.8. The normalized spacial score (nSPS) is 10.5. The standard InChI is InChI=1S/C18H17N3O6S/c1-10-13(17(23)25-2)16(28-14(10)18(24)26-3)20-15(22)12-6-5-11(27-12)9-21-8-4-7-19-21/h4-8H,9H2,1-3H3,(H,20,22). The van der Waals surface area contributed by atoms with E-state index in [9.17, 15) is 14.4 Å². The third kappa shape index (κ3) is 3.81. The van der Waals surface area contributed by atoms with Crippen molar-refractivity contribution in [1.29, 1.82) is 0 Å². The zero-order chi connectivity index (χ0) is 20.3. The lowest BCUT2D eigenvalue weighted by atomic mass is 10.1. The molecule has 0 aliphatic heterocycles. The third-order valence-electron chi connectivity index (χ3n) is 3.90. The van der Waals surface area contributed by atoms with Gasteiger partial charge in [0.05, 0.1) is 26.3 Å². The Morgan fingerprint density at radius 3 is 2.61 bits per heavy atom. The highest BCUT2D eigenvalue weighted by molar-refractivity contribution is 7.18. The molecule has 0 fully saturated rings. The maximum Gasteiger partial charge on any atom is 0.348 e. The number of carbonyl (C=O) groups is 3. The van der Waals surface area contributed by atoms with Crippen LogP contribution in [0.1, 0.15) is 41.9 Å². The number of hydrogen-bond acceptors (Lipinski definition) is 8. The summed E-state index contributed by atoms with van der Waals surface area (Å²) in [5.41, 5.74) is 0.474. The number of ether oxygens (including phenoxy) is 2. The molecule has 9 nitrogen and oxygen atoms in total. The predicted octanol–water partition coefficient (Wildman–Crippen LogP) is 2.72. The van der Waals surface area contributed by atoms with Crippen LogP contribution in [-0.2, 0) is 16.0 Å². The van der Waals surface area contributed by atoms with Gasteiger partial charge in [0.25, 0.3) is 5.91 Å². The topological polar surface area (TPSA) is 113 Å². The molecule has 146 valence electrons. The van der Waals surface area contributed by atoms with E-state index >= 15 is 0 Å². The van der Waals surface area contributed by atoms with Gasteiger partial charge >= 0.3 is 11.9 Å². The van der Waals surface area contributed by atoms with Crippen LogP contribution in [0, 0.1) is 6.92 Å². The van der Waals surface area contributed by atoms with Gasteiger partial charge in [-0.05, 0) is 30.7 Å². The summed E-state index contributed by atoms with van der Waals surface area (Å²) >= 11 is 0.933. The number of hydrogen-bond donors (Lipinski definition) is 1. The number of nitrogens with one attached hydrogen (secondary N) is 1. The Bertz CT molecular complexity index is 1020. The Kier molecular flexibility index (Phi) is 5.59. The average molecular weight is 403 g/mol. The second-order valence-electron chi connectivity index (χ2n) is 5.67. The summed E-state index contributed by atoms with van der Waals surface area (Å²) in [5.74, 6) is -1.23. The van der Waals surface area contributed by atoms with Crippen LogP contribution in [0.15, 0.2) is 35.0 Å². The second kappa shape index (κ2) is 8.09. The molecule has 0 bridgehead atoms. The molecule has 3 aromatic heterocycles. The molecule has 0 aliphatic rings. The first-order chi connectivity index (χ1) is 13.4. The number of amides is 1. The van der Waals surface area contributed by atoms with E-state index in [2.05, 4.69) is 10.4 Å². The molecule has 0 spiro atoms. The van der Waals surface area contributed by atoms with Gasteiger partial charge in [0.2, 0.25) is 0 Å². The van der Waals surface area contributed by atoms with Crippen molar-refractivity contribution in [2.75, 3.05) is 19.5 Å². The number of anilines is 1. The van der Waals surface area contributed by atoms with Crippen LogP contribution in [0.3, 0.4) is 0 Å². The van der Waals surface area contributed by atoms with Gasteiger partial charge < -0.3 is 19.2 Å². The van der Waals surface area contributed by atoms with Crippen LogP contribution >= 0.6 is 11.3 Å². The highest BCUT2D eigenvalue weighted by Gasteiger charge is 2.27. The van der Waals surface area contributed by atoms with E-state index in [1.165, 1.54) is 20.3 Å². The van der Waals surface area contributed by atoms with Crippen molar-refractivity contribution in [3.63, 3.8) is 0 Å². The molecular formula is C18H17N3O6S. The van der Waals surface area contributed by atoms with Crippen LogP contribution in [0.4, 0.5) is 5.00 Å². The Hall–Kier alpha value is -3.40. The van der Waals surface area contributed by atoms with Gasteiger partial charge in [0, 0.05) is 12.4 Å². The van der Waals surface area contributed by atoms with Crippen molar-refractivity contribution in [3.05, 3.63) is 58.1 Å². The van der Waals surface area contributed by atoms with Gasteiger partial charge in [-0.15, -0.1) is 11.3 Å². The molecule has 10 heteroatoms. The van der Waals surface area contributed by atoms with Crippen molar-refractivity contribution in [3.8, 4) is 0 Å². The lowest BCUT2D eigenvalue weighted by Crippen LogP contribution is -2.13. The molecule has 0 atom stereocenters. The highest BCUT2D eigenvalue weighted by Crippen LogP contribution is 2.34. The molecular weight excluding hydrogens is 386 g/mol. The fraction of sp³-hybridized carbons (Fsp3) is 0.222. The maximum atomic E-state index is 12.6. The number of esters is 2. The van der Waals surface area contributed by atoms with Gasteiger partial charge in [-0.2, -0.15) is 5.10 Å². The van der Waals surface area contributed by atoms with E-state index in [4.69, 9.17) is 13.9 Å². The summed E-state index contributed by atoms with van der Waals surface area (Å²) in [5, 5.41) is 6.86. The van der Waals surface area contributed by atoms with E-state index in [0.29, 0.717) is 17.9 Å². The summed E-state index contributed by atoms with van der Waals surface area (Å²) in [6, 6.07) is 4.97.